The lowest BCUT2D eigenvalue weighted by molar-refractivity contribution is 0.199. The summed E-state index contributed by atoms with van der Waals surface area (Å²) in [6.45, 7) is 0.468. The second-order valence-corrected chi connectivity index (χ2v) is 6.62. The van der Waals surface area contributed by atoms with Crippen molar-refractivity contribution in [2.24, 2.45) is 0 Å². The number of methoxy groups -OCH3 is 1. The second kappa shape index (κ2) is 6.79. The van der Waals surface area contributed by atoms with Gasteiger partial charge < -0.3 is 4.74 Å². The van der Waals surface area contributed by atoms with Crippen LogP contribution in [0.1, 0.15) is 32.1 Å². The monoisotopic (exact) mass is 269 g/mol. The Morgan fingerprint density at radius 2 is 2.06 bits per heavy atom. The molecule has 6 heteroatoms. The summed E-state index contributed by atoms with van der Waals surface area (Å²) in [5.41, 5.74) is 0. The maximum atomic E-state index is 11.7. The molecule has 1 rings (SSSR count). The van der Waals surface area contributed by atoms with E-state index < -0.39 is 10.0 Å². The highest BCUT2D eigenvalue weighted by Crippen LogP contribution is 2.23. The van der Waals surface area contributed by atoms with E-state index in [9.17, 15) is 8.42 Å². The molecule has 96 valence electrons. The summed E-state index contributed by atoms with van der Waals surface area (Å²) in [5, 5.41) is -0.0639. The molecule has 1 aliphatic carbocycles. The lowest BCUT2D eigenvalue weighted by Gasteiger charge is -2.27. The number of alkyl halides is 1. The van der Waals surface area contributed by atoms with Gasteiger partial charge in [0.15, 0.2) is 0 Å². The number of hydrogen-bond donors (Lipinski definition) is 1. The van der Waals surface area contributed by atoms with Crippen molar-refractivity contribution in [1.29, 1.82) is 0 Å². The molecule has 1 saturated carbocycles. The van der Waals surface area contributed by atoms with Crippen molar-refractivity contribution in [3.63, 3.8) is 0 Å². The molecule has 1 N–H and O–H groups in total. The maximum absolute atomic E-state index is 11.7. The van der Waals surface area contributed by atoms with Gasteiger partial charge in [-0.15, -0.1) is 11.6 Å². The topological polar surface area (TPSA) is 55.4 Å². The predicted molar refractivity (Wildman–Crippen MR) is 65.3 cm³/mol. The Balaban J connectivity index is 2.38. The Morgan fingerprint density at radius 3 is 2.69 bits per heavy atom. The zero-order valence-corrected chi connectivity index (χ0v) is 11.2. The molecule has 0 saturated heterocycles. The third-order valence-electron chi connectivity index (χ3n) is 2.77. The minimum atomic E-state index is -3.20. The molecule has 1 aliphatic rings. The number of sulfonamides is 1. The summed E-state index contributed by atoms with van der Waals surface area (Å²) in [7, 11) is -1.64. The van der Waals surface area contributed by atoms with Gasteiger partial charge in [-0.05, 0) is 19.3 Å². The number of ether oxygens (including phenoxy) is 1. The zero-order chi connectivity index (χ0) is 12.0. The Bertz CT molecular complexity index is 294. The molecule has 0 aromatic carbocycles. The van der Waals surface area contributed by atoms with Crippen LogP contribution in [0.2, 0.25) is 0 Å². The molecule has 2 atom stereocenters. The van der Waals surface area contributed by atoms with E-state index in [0.29, 0.717) is 13.0 Å². The van der Waals surface area contributed by atoms with E-state index >= 15 is 0 Å². The van der Waals surface area contributed by atoms with Crippen LogP contribution in [0.5, 0.6) is 0 Å². The molecule has 0 aromatic rings. The lowest BCUT2D eigenvalue weighted by Crippen LogP contribution is -2.43. The molecule has 2 unspecified atom stereocenters. The van der Waals surface area contributed by atoms with Crippen molar-refractivity contribution < 1.29 is 13.2 Å². The number of halogens is 1. The van der Waals surface area contributed by atoms with E-state index in [1.54, 1.807) is 7.11 Å². The largest absolute Gasteiger partial charge is 0.385 e. The first-order valence-corrected chi connectivity index (χ1v) is 7.77. The van der Waals surface area contributed by atoms with E-state index in [4.69, 9.17) is 16.3 Å². The van der Waals surface area contributed by atoms with Crippen LogP contribution in [0.15, 0.2) is 0 Å². The van der Waals surface area contributed by atoms with Crippen molar-refractivity contribution in [3.8, 4) is 0 Å². The summed E-state index contributed by atoms with van der Waals surface area (Å²) in [6.07, 6.45) is 4.40. The third-order valence-corrected chi connectivity index (χ3v) is 4.78. The average Bonchev–Trinajstić information content (AvgIpc) is 2.21. The van der Waals surface area contributed by atoms with Crippen molar-refractivity contribution in [1.82, 2.24) is 4.72 Å². The number of nitrogens with one attached hydrogen (secondary N) is 1. The van der Waals surface area contributed by atoms with Crippen LogP contribution in [0.4, 0.5) is 0 Å². The molecule has 4 nitrogen and oxygen atoms in total. The van der Waals surface area contributed by atoms with Gasteiger partial charge >= 0.3 is 0 Å². The van der Waals surface area contributed by atoms with Gasteiger partial charge in [-0.25, -0.2) is 13.1 Å². The smallest absolute Gasteiger partial charge is 0.211 e. The average molecular weight is 270 g/mol. The Hall–Kier alpha value is 0.160. The van der Waals surface area contributed by atoms with E-state index in [1.807, 2.05) is 0 Å². The van der Waals surface area contributed by atoms with Crippen LogP contribution in [-0.2, 0) is 14.8 Å². The summed E-state index contributed by atoms with van der Waals surface area (Å²) in [5.74, 6) is 0.112. The third kappa shape index (κ3) is 4.99. The molecular weight excluding hydrogens is 250 g/mol. The van der Waals surface area contributed by atoms with Gasteiger partial charge in [0.2, 0.25) is 10.0 Å². The standard InChI is InChI=1S/C10H20ClNO3S/c1-15-7-4-8-16(13,14)12-10-6-3-2-5-9(10)11/h9-10,12H,2-8H2,1H3. The van der Waals surface area contributed by atoms with Gasteiger partial charge in [-0.3, -0.25) is 0 Å². The van der Waals surface area contributed by atoms with Crippen molar-refractivity contribution >= 4 is 21.6 Å². The molecule has 0 aliphatic heterocycles. The normalized spacial score (nSPS) is 26.9. The second-order valence-electron chi connectivity index (χ2n) is 4.19. The Morgan fingerprint density at radius 1 is 1.38 bits per heavy atom. The zero-order valence-electron chi connectivity index (χ0n) is 9.62. The molecule has 1 fully saturated rings. The molecule has 0 spiro atoms. The summed E-state index contributed by atoms with van der Waals surface area (Å²) < 4.78 is 30.9. The van der Waals surface area contributed by atoms with Crippen LogP contribution in [-0.4, -0.2) is 39.3 Å². The highest BCUT2D eigenvalue weighted by atomic mass is 35.5. The van der Waals surface area contributed by atoms with Gasteiger partial charge in [0, 0.05) is 25.1 Å². The maximum Gasteiger partial charge on any atom is 0.211 e. The first kappa shape index (κ1) is 14.2. The van der Waals surface area contributed by atoms with E-state index in [2.05, 4.69) is 4.72 Å². The summed E-state index contributed by atoms with van der Waals surface area (Å²) in [6, 6.07) is -0.0945. The fourth-order valence-corrected chi connectivity index (χ4v) is 3.68. The SMILES string of the molecule is COCCCS(=O)(=O)NC1CCCCC1Cl. The van der Waals surface area contributed by atoms with Gasteiger partial charge in [0.1, 0.15) is 0 Å². The molecule has 0 bridgehead atoms. The van der Waals surface area contributed by atoms with Crippen LogP contribution in [0, 0.1) is 0 Å². The minimum absolute atomic E-state index is 0.0639. The van der Waals surface area contributed by atoms with Crippen LogP contribution >= 0.6 is 11.6 Å². The van der Waals surface area contributed by atoms with E-state index in [0.717, 1.165) is 25.7 Å². The lowest BCUT2D eigenvalue weighted by atomic mass is 9.96. The fraction of sp³-hybridized carbons (Fsp3) is 1.00. The molecule has 16 heavy (non-hydrogen) atoms. The highest BCUT2D eigenvalue weighted by Gasteiger charge is 2.26. The van der Waals surface area contributed by atoms with Crippen molar-refractivity contribution in [3.05, 3.63) is 0 Å². The number of rotatable bonds is 6. The molecule has 0 radical (unpaired) electrons. The van der Waals surface area contributed by atoms with Crippen molar-refractivity contribution in [2.75, 3.05) is 19.5 Å². The highest BCUT2D eigenvalue weighted by molar-refractivity contribution is 7.89. The summed E-state index contributed by atoms with van der Waals surface area (Å²) in [4.78, 5) is 0. The van der Waals surface area contributed by atoms with Gasteiger partial charge in [-0.2, -0.15) is 0 Å². The quantitative estimate of drug-likeness (QED) is 0.587. The molecular formula is C10H20ClNO3S. The molecule has 0 aromatic heterocycles. The number of hydrogen-bond acceptors (Lipinski definition) is 3. The molecule has 0 heterocycles. The van der Waals surface area contributed by atoms with Gasteiger partial charge in [0.05, 0.1) is 5.75 Å². The first-order chi connectivity index (χ1) is 7.55. The fourth-order valence-electron chi connectivity index (χ4n) is 1.90. The molecule has 0 amide bonds. The summed E-state index contributed by atoms with van der Waals surface area (Å²) >= 11 is 6.10. The van der Waals surface area contributed by atoms with E-state index in [-0.39, 0.29) is 17.2 Å². The minimum Gasteiger partial charge on any atom is -0.385 e. The van der Waals surface area contributed by atoms with Crippen molar-refractivity contribution in [2.45, 2.75) is 43.5 Å². The Labute approximate surface area is 103 Å². The van der Waals surface area contributed by atoms with Gasteiger partial charge in [-0.1, -0.05) is 12.8 Å². The van der Waals surface area contributed by atoms with Crippen LogP contribution in [0.3, 0.4) is 0 Å². The van der Waals surface area contributed by atoms with E-state index in [1.165, 1.54) is 0 Å². The van der Waals surface area contributed by atoms with Crippen LogP contribution in [0.25, 0.3) is 0 Å². The van der Waals surface area contributed by atoms with Gasteiger partial charge in [0.25, 0.3) is 0 Å². The first-order valence-electron chi connectivity index (χ1n) is 5.68. The van der Waals surface area contributed by atoms with Crippen LogP contribution < -0.4 is 4.72 Å². The Kier molecular flexibility index (Phi) is 6.03. The predicted octanol–water partition coefficient (Wildman–Crippen LogP) is 1.49.